The molecule has 2 atom stereocenters. The van der Waals surface area contributed by atoms with Crippen molar-refractivity contribution in [2.24, 2.45) is 22.5 Å². The zero-order valence-electron chi connectivity index (χ0n) is 7.03. The summed E-state index contributed by atoms with van der Waals surface area (Å²) in [6, 6.07) is 0.144. The fourth-order valence-corrected chi connectivity index (χ4v) is 1.62. The second-order valence-electron chi connectivity index (χ2n) is 3.10. The molecule has 5 heteroatoms. The van der Waals surface area contributed by atoms with E-state index in [0.717, 1.165) is 19.3 Å². The van der Waals surface area contributed by atoms with Gasteiger partial charge >= 0.3 is 0 Å². The highest BCUT2D eigenvalue weighted by Gasteiger charge is 2.26. The first-order chi connectivity index (χ1) is 5.77. The third-order valence-electron chi connectivity index (χ3n) is 2.31. The summed E-state index contributed by atoms with van der Waals surface area (Å²) >= 11 is 0. The lowest BCUT2D eigenvalue weighted by Crippen LogP contribution is -2.38. The van der Waals surface area contributed by atoms with Crippen LogP contribution in [0, 0.1) is 5.92 Å². The highest BCUT2D eigenvalue weighted by atomic mass is 16.3. The second kappa shape index (κ2) is 4.27. The summed E-state index contributed by atoms with van der Waals surface area (Å²) in [5.41, 5.74) is 7.68. The van der Waals surface area contributed by atoms with E-state index in [0.29, 0.717) is 0 Å². The standard InChI is InChI=1S/C7H16N4O/c8-7(11-9)10-6-3-1-2-5(6)4-12/h5-6,12H,1-4,9H2,(H3,8,10,11)/t5-,6-/m1/s1. The van der Waals surface area contributed by atoms with Gasteiger partial charge in [0.1, 0.15) is 0 Å². The Balaban J connectivity index is 2.50. The van der Waals surface area contributed by atoms with E-state index >= 15 is 0 Å². The molecule has 1 saturated carbocycles. The maximum Gasteiger partial charge on any atom is 0.203 e. The van der Waals surface area contributed by atoms with Crippen LogP contribution in [0.5, 0.6) is 0 Å². The molecule has 0 bridgehead atoms. The van der Waals surface area contributed by atoms with E-state index in [4.69, 9.17) is 16.7 Å². The fraction of sp³-hybridized carbons (Fsp3) is 0.857. The largest absolute Gasteiger partial charge is 0.396 e. The molecule has 0 aromatic heterocycles. The van der Waals surface area contributed by atoms with Gasteiger partial charge in [-0.25, -0.2) is 10.8 Å². The molecule has 70 valence electrons. The Morgan fingerprint density at radius 2 is 2.33 bits per heavy atom. The van der Waals surface area contributed by atoms with Crippen LogP contribution in [0.15, 0.2) is 4.99 Å². The topological polar surface area (TPSA) is 96.7 Å². The summed E-state index contributed by atoms with van der Waals surface area (Å²) in [5, 5.41) is 8.96. The molecule has 6 N–H and O–H groups in total. The molecule has 0 aromatic rings. The molecule has 0 heterocycles. The zero-order chi connectivity index (χ0) is 8.97. The Hall–Kier alpha value is -0.810. The predicted molar refractivity (Wildman–Crippen MR) is 47.2 cm³/mol. The van der Waals surface area contributed by atoms with Crippen molar-refractivity contribution in [1.82, 2.24) is 5.43 Å². The maximum atomic E-state index is 8.96. The Morgan fingerprint density at radius 1 is 1.58 bits per heavy atom. The summed E-state index contributed by atoms with van der Waals surface area (Å²) in [6.07, 6.45) is 3.13. The minimum absolute atomic E-state index is 0.144. The van der Waals surface area contributed by atoms with Gasteiger partial charge in [-0.3, -0.25) is 5.43 Å². The van der Waals surface area contributed by atoms with Gasteiger partial charge in [0.25, 0.3) is 0 Å². The summed E-state index contributed by atoms with van der Waals surface area (Å²) in [4.78, 5) is 4.15. The van der Waals surface area contributed by atoms with Crippen LogP contribution >= 0.6 is 0 Å². The number of nitrogens with zero attached hydrogens (tertiary/aromatic N) is 1. The third kappa shape index (κ3) is 2.09. The number of aliphatic imine (C=N–C) groups is 1. The molecule has 1 fully saturated rings. The highest BCUT2D eigenvalue weighted by molar-refractivity contribution is 5.77. The summed E-state index contributed by atoms with van der Waals surface area (Å²) in [7, 11) is 0. The first-order valence-corrected chi connectivity index (χ1v) is 4.18. The zero-order valence-corrected chi connectivity index (χ0v) is 7.03. The Morgan fingerprint density at radius 3 is 2.92 bits per heavy atom. The molecular formula is C7H16N4O. The average Bonchev–Trinajstić information content (AvgIpc) is 2.51. The number of aliphatic hydroxyl groups is 1. The molecule has 0 saturated heterocycles. The van der Waals surface area contributed by atoms with Crippen molar-refractivity contribution in [2.75, 3.05) is 6.61 Å². The summed E-state index contributed by atoms with van der Waals surface area (Å²) in [6.45, 7) is 0.187. The van der Waals surface area contributed by atoms with Gasteiger partial charge < -0.3 is 10.8 Å². The lowest BCUT2D eigenvalue weighted by atomic mass is 10.1. The van der Waals surface area contributed by atoms with Crippen molar-refractivity contribution in [3.8, 4) is 0 Å². The van der Waals surface area contributed by atoms with Crippen molar-refractivity contribution in [3.05, 3.63) is 0 Å². The van der Waals surface area contributed by atoms with E-state index in [-0.39, 0.29) is 24.5 Å². The maximum absolute atomic E-state index is 8.96. The molecule has 0 aromatic carbocycles. The normalized spacial score (nSPS) is 30.7. The molecule has 5 nitrogen and oxygen atoms in total. The Bertz CT molecular complexity index is 171. The quantitative estimate of drug-likeness (QED) is 0.184. The molecule has 0 spiro atoms. The number of hydrazine groups is 1. The van der Waals surface area contributed by atoms with E-state index in [1.807, 2.05) is 0 Å². The van der Waals surface area contributed by atoms with Gasteiger partial charge in [0.15, 0.2) is 0 Å². The fourth-order valence-electron chi connectivity index (χ4n) is 1.62. The monoisotopic (exact) mass is 172 g/mol. The van der Waals surface area contributed by atoms with E-state index in [1.54, 1.807) is 0 Å². The molecule has 0 amide bonds. The molecule has 0 aliphatic heterocycles. The second-order valence-corrected chi connectivity index (χ2v) is 3.10. The van der Waals surface area contributed by atoms with E-state index in [9.17, 15) is 0 Å². The minimum Gasteiger partial charge on any atom is -0.396 e. The van der Waals surface area contributed by atoms with Crippen LogP contribution in [0.3, 0.4) is 0 Å². The van der Waals surface area contributed by atoms with Gasteiger partial charge in [-0.1, -0.05) is 6.42 Å². The number of nitrogens with one attached hydrogen (secondary N) is 1. The number of hydrogen-bond donors (Lipinski definition) is 4. The molecule has 0 radical (unpaired) electrons. The SMILES string of the molecule is NNC(N)=N[C@@H]1CCC[C@@H]1CO. The van der Waals surface area contributed by atoms with Crippen LogP contribution < -0.4 is 17.0 Å². The lowest BCUT2D eigenvalue weighted by Gasteiger charge is -2.12. The van der Waals surface area contributed by atoms with Gasteiger partial charge in [0.05, 0.1) is 6.04 Å². The molecule has 0 unspecified atom stereocenters. The van der Waals surface area contributed by atoms with Crippen molar-refractivity contribution in [2.45, 2.75) is 25.3 Å². The van der Waals surface area contributed by atoms with Gasteiger partial charge in [0, 0.05) is 12.5 Å². The number of nitrogens with two attached hydrogens (primary N) is 2. The van der Waals surface area contributed by atoms with Crippen LogP contribution in [0.1, 0.15) is 19.3 Å². The minimum atomic E-state index is 0.144. The third-order valence-corrected chi connectivity index (χ3v) is 2.31. The van der Waals surface area contributed by atoms with Crippen LogP contribution in [-0.4, -0.2) is 23.7 Å². The summed E-state index contributed by atoms with van der Waals surface area (Å²) in [5.74, 6) is 5.58. The van der Waals surface area contributed by atoms with Crippen molar-refractivity contribution in [1.29, 1.82) is 0 Å². The smallest absolute Gasteiger partial charge is 0.203 e. The first kappa shape index (κ1) is 9.28. The van der Waals surface area contributed by atoms with Gasteiger partial charge in [0.2, 0.25) is 5.96 Å². The lowest BCUT2D eigenvalue weighted by molar-refractivity contribution is 0.218. The molecular weight excluding hydrogens is 156 g/mol. The molecule has 12 heavy (non-hydrogen) atoms. The average molecular weight is 172 g/mol. The summed E-state index contributed by atoms with van der Waals surface area (Å²) < 4.78 is 0. The predicted octanol–water partition coefficient (Wildman–Crippen LogP) is -1.07. The van der Waals surface area contributed by atoms with Crippen LogP contribution in [0.4, 0.5) is 0 Å². The van der Waals surface area contributed by atoms with Crippen LogP contribution in [0.2, 0.25) is 0 Å². The van der Waals surface area contributed by atoms with E-state index in [2.05, 4.69) is 10.4 Å². The van der Waals surface area contributed by atoms with Crippen molar-refractivity contribution in [3.63, 3.8) is 0 Å². The van der Waals surface area contributed by atoms with Crippen molar-refractivity contribution >= 4 is 5.96 Å². The van der Waals surface area contributed by atoms with Crippen LogP contribution in [-0.2, 0) is 0 Å². The number of aliphatic hydroxyl groups excluding tert-OH is 1. The van der Waals surface area contributed by atoms with Gasteiger partial charge in [-0.15, -0.1) is 0 Å². The number of guanidine groups is 1. The van der Waals surface area contributed by atoms with Gasteiger partial charge in [-0.05, 0) is 12.8 Å². The number of hydrogen-bond acceptors (Lipinski definition) is 3. The molecule has 1 aliphatic rings. The van der Waals surface area contributed by atoms with E-state index in [1.165, 1.54) is 0 Å². The number of rotatable bonds is 2. The Kier molecular flexibility index (Phi) is 3.31. The van der Waals surface area contributed by atoms with Crippen LogP contribution in [0.25, 0.3) is 0 Å². The van der Waals surface area contributed by atoms with Gasteiger partial charge in [-0.2, -0.15) is 0 Å². The molecule has 1 aliphatic carbocycles. The Labute approximate surface area is 71.8 Å². The highest BCUT2D eigenvalue weighted by Crippen LogP contribution is 2.27. The first-order valence-electron chi connectivity index (χ1n) is 4.18. The molecule has 1 rings (SSSR count). The van der Waals surface area contributed by atoms with E-state index < -0.39 is 0 Å². The van der Waals surface area contributed by atoms with Crippen molar-refractivity contribution < 1.29 is 5.11 Å².